The summed E-state index contributed by atoms with van der Waals surface area (Å²) in [5.41, 5.74) is 1.28. The van der Waals surface area contributed by atoms with Crippen molar-refractivity contribution in [3.05, 3.63) is 35.9 Å². The summed E-state index contributed by atoms with van der Waals surface area (Å²) in [6.07, 6.45) is 0.939. The quantitative estimate of drug-likeness (QED) is 0.745. The molecule has 2 rings (SSSR count). The van der Waals surface area contributed by atoms with Gasteiger partial charge >= 0.3 is 0 Å². The molecule has 1 aromatic carbocycles. The van der Waals surface area contributed by atoms with Crippen LogP contribution in [0.3, 0.4) is 0 Å². The Balaban J connectivity index is 2.02. The van der Waals surface area contributed by atoms with Gasteiger partial charge in [0.15, 0.2) is 0 Å². The highest BCUT2D eigenvalue weighted by Gasteiger charge is 2.29. The normalized spacial score (nSPS) is 26.1. The minimum absolute atomic E-state index is 0.0186. The van der Waals surface area contributed by atoms with Crippen LogP contribution in [0.25, 0.3) is 0 Å². The topological polar surface area (TPSA) is 41.1 Å². The van der Waals surface area contributed by atoms with Gasteiger partial charge in [0.1, 0.15) is 0 Å². The van der Waals surface area contributed by atoms with E-state index >= 15 is 0 Å². The fourth-order valence-corrected chi connectivity index (χ4v) is 1.88. The van der Waals surface area contributed by atoms with E-state index in [-0.39, 0.29) is 11.4 Å². The van der Waals surface area contributed by atoms with Gasteiger partial charge < -0.3 is 10.6 Å². The second kappa shape index (κ2) is 4.03. The van der Waals surface area contributed by atoms with Gasteiger partial charge in [-0.05, 0) is 18.9 Å². The molecule has 1 aliphatic rings. The van der Waals surface area contributed by atoms with Crippen LogP contribution in [0.2, 0.25) is 0 Å². The number of piperazine rings is 1. The Morgan fingerprint density at radius 3 is 2.67 bits per heavy atom. The molecule has 1 saturated heterocycles. The molecule has 1 aliphatic heterocycles. The van der Waals surface area contributed by atoms with Gasteiger partial charge in [0.05, 0.1) is 6.54 Å². The Kier molecular flexibility index (Phi) is 2.73. The zero-order valence-electron chi connectivity index (χ0n) is 8.92. The predicted molar refractivity (Wildman–Crippen MR) is 59.6 cm³/mol. The number of hydrogen-bond donors (Lipinski definition) is 2. The molecular weight excluding hydrogens is 188 g/mol. The maximum atomic E-state index is 11.0. The molecule has 15 heavy (non-hydrogen) atoms. The van der Waals surface area contributed by atoms with Crippen LogP contribution in [-0.2, 0) is 11.2 Å². The number of hydrogen-bond acceptors (Lipinski definition) is 2. The summed E-state index contributed by atoms with van der Waals surface area (Å²) in [6, 6.07) is 10.3. The fraction of sp³-hybridized carbons (Fsp3) is 0.417. The van der Waals surface area contributed by atoms with E-state index in [1.165, 1.54) is 5.56 Å². The third-order valence-corrected chi connectivity index (χ3v) is 2.79. The second-order valence-corrected chi connectivity index (χ2v) is 4.35. The molecule has 0 aromatic heterocycles. The summed E-state index contributed by atoms with van der Waals surface area (Å²) in [6.45, 7) is 3.25. The summed E-state index contributed by atoms with van der Waals surface area (Å²) >= 11 is 0. The molecule has 0 spiro atoms. The van der Waals surface area contributed by atoms with E-state index in [2.05, 4.69) is 29.7 Å². The number of nitrogens with one attached hydrogen (secondary N) is 2. The van der Waals surface area contributed by atoms with Gasteiger partial charge in [-0.15, -0.1) is 0 Å². The van der Waals surface area contributed by atoms with Crippen LogP contribution in [0.5, 0.6) is 0 Å². The third kappa shape index (κ3) is 2.57. The zero-order valence-corrected chi connectivity index (χ0v) is 8.92. The average molecular weight is 204 g/mol. The third-order valence-electron chi connectivity index (χ3n) is 2.79. The molecule has 1 fully saturated rings. The Morgan fingerprint density at radius 1 is 1.33 bits per heavy atom. The summed E-state index contributed by atoms with van der Waals surface area (Å²) in [5.74, 6) is 0.0838. The molecule has 3 nitrogen and oxygen atoms in total. The van der Waals surface area contributed by atoms with Gasteiger partial charge in [0.25, 0.3) is 0 Å². The zero-order chi connectivity index (χ0) is 10.7. The standard InChI is InChI=1S/C12H16N2O/c1-12(9-13-11(15)8-14-12)7-10-5-3-2-4-6-10/h2-6,14H,7-9H2,1H3,(H,13,15). The smallest absolute Gasteiger partial charge is 0.234 e. The van der Waals surface area contributed by atoms with E-state index in [0.29, 0.717) is 13.1 Å². The van der Waals surface area contributed by atoms with Crippen LogP contribution < -0.4 is 10.6 Å². The Bertz CT molecular complexity index is 338. The van der Waals surface area contributed by atoms with Crippen LogP contribution in [-0.4, -0.2) is 24.5 Å². The number of rotatable bonds is 2. The van der Waals surface area contributed by atoms with Crippen molar-refractivity contribution < 1.29 is 4.79 Å². The Morgan fingerprint density at radius 2 is 2.07 bits per heavy atom. The van der Waals surface area contributed by atoms with Gasteiger partial charge in [-0.25, -0.2) is 0 Å². The molecule has 0 radical (unpaired) electrons. The highest BCUT2D eigenvalue weighted by molar-refractivity contribution is 5.79. The first-order valence-electron chi connectivity index (χ1n) is 5.24. The van der Waals surface area contributed by atoms with Gasteiger partial charge in [-0.2, -0.15) is 0 Å². The molecule has 1 atom stereocenters. The number of carbonyl (C=O) groups is 1. The van der Waals surface area contributed by atoms with Crippen LogP contribution in [0, 0.1) is 0 Å². The first kappa shape index (κ1) is 10.2. The first-order chi connectivity index (χ1) is 7.18. The largest absolute Gasteiger partial charge is 0.353 e. The highest BCUT2D eigenvalue weighted by Crippen LogP contribution is 2.13. The number of amides is 1. The summed E-state index contributed by atoms with van der Waals surface area (Å²) in [7, 11) is 0. The maximum absolute atomic E-state index is 11.0. The van der Waals surface area contributed by atoms with E-state index in [0.717, 1.165) is 6.42 Å². The lowest BCUT2D eigenvalue weighted by atomic mass is 9.91. The van der Waals surface area contributed by atoms with Crippen molar-refractivity contribution in [3.63, 3.8) is 0 Å². The Hall–Kier alpha value is -1.35. The minimum Gasteiger partial charge on any atom is -0.353 e. The van der Waals surface area contributed by atoms with Gasteiger partial charge in [0.2, 0.25) is 5.91 Å². The van der Waals surface area contributed by atoms with Gasteiger partial charge in [-0.3, -0.25) is 4.79 Å². The fourth-order valence-electron chi connectivity index (χ4n) is 1.88. The average Bonchev–Trinajstić information content (AvgIpc) is 2.24. The SMILES string of the molecule is CC1(Cc2ccccc2)CNC(=O)CN1. The van der Waals surface area contributed by atoms with Crippen LogP contribution >= 0.6 is 0 Å². The van der Waals surface area contributed by atoms with Gasteiger partial charge in [-0.1, -0.05) is 30.3 Å². The predicted octanol–water partition coefficient (Wildman–Crippen LogP) is 0.707. The van der Waals surface area contributed by atoms with Gasteiger partial charge in [0, 0.05) is 12.1 Å². The molecule has 1 unspecified atom stereocenters. The Labute approximate surface area is 89.9 Å². The molecule has 3 heteroatoms. The van der Waals surface area contributed by atoms with Crippen molar-refractivity contribution in [1.82, 2.24) is 10.6 Å². The second-order valence-electron chi connectivity index (χ2n) is 4.35. The molecule has 0 aliphatic carbocycles. The first-order valence-corrected chi connectivity index (χ1v) is 5.24. The molecule has 1 aromatic rings. The molecule has 2 N–H and O–H groups in total. The van der Waals surface area contributed by atoms with E-state index < -0.39 is 0 Å². The monoisotopic (exact) mass is 204 g/mol. The van der Waals surface area contributed by atoms with E-state index in [9.17, 15) is 4.79 Å². The lowest BCUT2D eigenvalue weighted by molar-refractivity contribution is -0.122. The molecule has 80 valence electrons. The molecule has 0 saturated carbocycles. The van der Waals surface area contributed by atoms with Crippen molar-refractivity contribution in [2.45, 2.75) is 18.9 Å². The van der Waals surface area contributed by atoms with E-state index in [1.807, 2.05) is 18.2 Å². The summed E-state index contributed by atoms with van der Waals surface area (Å²) in [5, 5.41) is 6.17. The van der Waals surface area contributed by atoms with Crippen LogP contribution in [0.15, 0.2) is 30.3 Å². The summed E-state index contributed by atoms with van der Waals surface area (Å²) < 4.78 is 0. The van der Waals surface area contributed by atoms with Crippen molar-refractivity contribution in [1.29, 1.82) is 0 Å². The highest BCUT2D eigenvalue weighted by atomic mass is 16.2. The summed E-state index contributed by atoms with van der Waals surface area (Å²) in [4.78, 5) is 11.0. The minimum atomic E-state index is -0.0186. The van der Waals surface area contributed by atoms with Crippen molar-refractivity contribution in [2.24, 2.45) is 0 Å². The van der Waals surface area contributed by atoms with Crippen LogP contribution in [0.1, 0.15) is 12.5 Å². The van der Waals surface area contributed by atoms with Crippen molar-refractivity contribution in [3.8, 4) is 0 Å². The molecule has 1 heterocycles. The molecule has 1 amide bonds. The lowest BCUT2D eigenvalue weighted by Crippen LogP contribution is -2.60. The molecule has 0 bridgehead atoms. The van der Waals surface area contributed by atoms with Crippen molar-refractivity contribution >= 4 is 5.91 Å². The van der Waals surface area contributed by atoms with E-state index in [1.54, 1.807) is 0 Å². The lowest BCUT2D eigenvalue weighted by Gasteiger charge is -2.35. The van der Waals surface area contributed by atoms with Crippen LogP contribution in [0.4, 0.5) is 0 Å². The number of carbonyl (C=O) groups excluding carboxylic acids is 1. The van der Waals surface area contributed by atoms with E-state index in [4.69, 9.17) is 0 Å². The van der Waals surface area contributed by atoms with Crippen molar-refractivity contribution in [2.75, 3.05) is 13.1 Å². The molecular formula is C12H16N2O. The maximum Gasteiger partial charge on any atom is 0.234 e. The number of benzene rings is 1.